The van der Waals surface area contributed by atoms with E-state index in [1.54, 1.807) is 0 Å². The van der Waals surface area contributed by atoms with Crippen molar-refractivity contribution >= 4 is 30.2 Å². The molecule has 0 amide bonds. The molecule has 1 N–H and O–H groups in total. The number of benzene rings is 4. The van der Waals surface area contributed by atoms with Crippen LogP contribution >= 0.6 is 8.07 Å². The van der Waals surface area contributed by atoms with Gasteiger partial charge in [0, 0.05) is 16.2 Å². The van der Waals surface area contributed by atoms with E-state index in [0.29, 0.717) is 0 Å². The maximum absolute atomic E-state index is 5.06. The third-order valence-electron chi connectivity index (χ3n) is 4.74. The molecule has 0 spiro atoms. The predicted molar refractivity (Wildman–Crippen MR) is 131 cm³/mol. The molecule has 0 aromatic heterocycles. The van der Waals surface area contributed by atoms with Crippen molar-refractivity contribution in [2.24, 2.45) is 4.99 Å². The lowest BCUT2D eigenvalue weighted by Crippen LogP contribution is -2.29. The lowest BCUT2D eigenvalue weighted by Gasteiger charge is -2.22. The van der Waals surface area contributed by atoms with Crippen molar-refractivity contribution in [2.75, 3.05) is 0 Å². The third kappa shape index (κ3) is 5.03. The molecule has 0 aliphatic carbocycles. The van der Waals surface area contributed by atoms with Gasteiger partial charge < -0.3 is 5.09 Å². The Morgan fingerprint density at radius 1 is 0.633 bits per heavy atom. The zero-order valence-electron chi connectivity index (χ0n) is 17.3. The Hall–Kier alpha value is -3.22. The normalized spacial score (nSPS) is 11.5. The van der Waals surface area contributed by atoms with Gasteiger partial charge >= 0.3 is 0 Å². The number of rotatable bonds is 5. The van der Waals surface area contributed by atoms with Crippen LogP contribution < -0.4 is 15.7 Å². The zero-order chi connectivity index (χ0) is 20.8. The summed E-state index contributed by atoms with van der Waals surface area (Å²) < 4.78 is 0. The van der Waals surface area contributed by atoms with Gasteiger partial charge in [0.05, 0.1) is 13.8 Å². The standard InChI is InChI=1S/C27H25N2P/c1-21-18-22(2)20-24(19-21)28-27(23-12-6-3-7-13-23)29-30(25-14-8-4-9-15-25)26-16-10-5-11-17-26/h3-20H,1-2H3,(H,28,29). The van der Waals surface area contributed by atoms with Crippen LogP contribution in [0, 0.1) is 13.8 Å². The summed E-state index contributed by atoms with van der Waals surface area (Å²) >= 11 is 0. The molecule has 0 saturated carbocycles. The first-order chi connectivity index (χ1) is 14.7. The number of nitrogens with one attached hydrogen (secondary N) is 1. The summed E-state index contributed by atoms with van der Waals surface area (Å²) in [5, 5.41) is 6.34. The number of nitrogens with zero attached hydrogens (tertiary/aromatic N) is 1. The monoisotopic (exact) mass is 408 g/mol. The van der Waals surface area contributed by atoms with Gasteiger partial charge in [-0.3, -0.25) is 0 Å². The number of hydrogen-bond donors (Lipinski definition) is 1. The van der Waals surface area contributed by atoms with E-state index in [1.807, 2.05) is 6.07 Å². The predicted octanol–water partition coefficient (Wildman–Crippen LogP) is 6.02. The van der Waals surface area contributed by atoms with Gasteiger partial charge in [-0.1, -0.05) is 97.1 Å². The average molecular weight is 408 g/mol. The smallest absolute Gasteiger partial charge is 0.137 e. The zero-order valence-corrected chi connectivity index (χ0v) is 18.2. The van der Waals surface area contributed by atoms with E-state index in [0.717, 1.165) is 17.1 Å². The van der Waals surface area contributed by atoms with Gasteiger partial charge in [-0.2, -0.15) is 0 Å². The molecule has 2 nitrogen and oxygen atoms in total. The topological polar surface area (TPSA) is 24.4 Å². The Morgan fingerprint density at radius 2 is 1.10 bits per heavy atom. The minimum absolute atomic E-state index is 0.806. The van der Waals surface area contributed by atoms with Crippen LogP contribution in [-0.2, 0) is 0 Å². The first-order valence-electron chi connectivity index (χ1n) is 10.1. The highest BCUT2D eigenvalue weighted by atomic mass is 31.1. The van der Waals surface area contributed by atoms with Crippen LogP contribution in [0.1, 0.15) is 16.7 Å². The van der Waals surface area contributed by atoms with E-state index >= 15 is 0 Å². The van der Waals surface area contributed by atoms with E-state index in [2.05, 4.69) is 122 Å². The molecule has 4 aromatic rings. The largest absolute Gasteiger partial charge is 0.341 e. The Balaban J connectivity index is 1.80. The van der Waals surface area contributed by atoms with Gasteiger partial charge in [-0.15, -0.1) is 0 Å². The summed E-state index contributed by atoms with van der Waals surface area (Å²) in [6.07, 6.45) is 0. The first-order valence-corrected chi connectivity index (χ1v) is 11.4. The number of aliphatic imine (C=N–C) groups is 1. The molecule has 0 fully saturated rings. The molecule has 148 valence electrons. The van der Waals surface area contributed by atoms with Crippen LogP contribution in [0.25, 0.3) is 0 Å². The van der Waals surface area contributed by atoms with Crippen molar-refractivity contribution in [3.8, 4) is 0 Å². The van der Waals surface area contributed by atoms with Crippen LogP contribution in [-0.4, -0.2) is 5.84 Å². The fourth-order valence-corrected chi connectivity index (χ4v) is 5.32. The lowest BCUT2D eigenvalue weighted by atomic mass is 10.1. The molecule has 0 unspecified atom stereocenters. The van der Waals surface area contributed by atoms with Crippen molar-refractivity contribution in [1.82, 2.24) is 5.09 Å². The number of aryl methyl sites for hydroxylation is 2. The van der Waals surface area contributed by atoms with E-state index in [1.165, 1.54) is 21.7 Å². The molecular weight excluding hydrogens is 383 g/mol. The van der Waals surface area contributed by atoms with E-state index in [4.69, 9.17) is 4.99 Å². The summed E-state index contributed by atoms with van der Waals surface area (Å²) in [6.45, 7) is 4.23. The molecule has 0 heterocycles. The van der Waals surface area contributed by atoms with Crippen molar-refractivity contribution < 1.29 is 0 Å². The average Bonchev–Trinajstić information content (AvgIpc) is 2.78. The van der Waals surface area contributed by atoms with E-state index in [-0.39, 0.29) is 0 Å². The van der Waals surface area contributed by atoms with Crippen molar-refractivity contribution in [3.05, 3.63) is 126 Å². The summed E-state index contributed by atoms with van der Waals surface area (Å²) in [5.74, 6) is 0.888. The van der Waals surface area contributed by atoms with Gasteiger partial charge in [0.1, 0.15) is 5.84 Å². The minimum atomic E-state index is -0.806. The second kappa shape index (κ2) is 9.52. The highest BCUT2D eigenvalue weighted by Gasteiger charge is 2.17. The molecule has 0 saturated heterocycles. The highest BCUT2D eigenvalue weighted by Crippen LogP contribution is 2.30. The van der Waals surface area contributed by atoms with Gasteiger partial charge in [-0.25, -0.2) is 4.99 Å². The second-order valence-corrected chi connectivity index (χ2v) is 9.22. The molecule has 0 atom stereocenters. The van der Waals surface area contributed by atoms with Crippen LogP contribution in [0.2, 0.25) is 0 Å². The molecule has 30 heavy (non-hydrogen) atoms. The molecule has 4 aromatic carbocycles. The molecule has 0 aliphatic heterocycles. The Morgan fingerprint density at radius 3 is 1.60 bits per heavy atom. The Bertz CT molecular complexity index is 1060. The highest BCUT2D eigenvalue weighted by molar-refractivity contribution is 7.71. The molecule has 0 aliphatic rings. The molecular formula is C27H25N2P. The van der Waals surface area contributed by atoms with Gasteiger partial charge in [0.15, 0.2) is 0 Å². The molecule has 0 radical (unpaired) electrons. The van der Waals surface area contributed by atoms with Gasteiger partial charge in [0.2, 0.25) is 0 Å². The quantitative estimate of drug-likeness (QED) is 0.244. The summed E-state index contributed by atoms with van der Waals surface area (Å²) in [4.78, 5) is 5.06. The number of hydrogen-bond acceptors (Lipinski definition) is 1. The van der Waals surface area contributed by atoms with E-state index < -0.39 is 8.07 Å². The van der Waals surface area contributed by atoms with Crippen LogP contribution in [0.3, 0.4) is 0 Å². The van der Waals surface area contributed by atoms with Crippen molar-refractivity contribution in [2.45, 2.75) is 13.8 Å². The lowest BCUT2D eigenvalue weighted by molar-refractivity contribution is 1.33. The van der Waals surface area contributed by atoms with Gasteiger partial charge in [0.25, 0.3) is 0 Å². The second-order valence-electron chi connectivity index (χ2n) is 7.29. The summed E-state index contributed by atoms with van der Waals surface area (Å²) in [5.41, 5.74) is 4.48. The van der Waals surface area contributed by atoms with Crippen LogP contribution in [0.5, 0.6) is 0 Å². The third-order valence-corrected chi connectivity index (χ3v) is 6.81. The maximum atomic E-state index is 5.06. The minimum Gasteiger partial charge on any atom is -0.341 e. The fraction of sp³-hybridized carbons (Fsp3) is 0.0741. The Labute approximate surface area is 180 Å². The Kier molecular flexibility index (Phi) is 6.37. The first kappa shape index (κ1) is 20.1. The van der Waals surface area contributed by atoms with Crippen LogP contribution in [0.4, 0.5) is 5.69 Å². The maximum Gasteiger partial charge on any atom is 0.137 e. The van der Waals surface area contributed by atoms with Crippen molar-refractivity contribution in [1.29, 1.82) is 0 Å². The molecule has 3 heteroatoms. The van der Waals surface area contributed by atoms with E-state index in [9.17, 15) is 0 Å². The fourth-order valence-electron chi connectivity index (χ4n) is 3.43. The summed E-state index contributed by atoms with van der Waals surface area (Å²) in [7, 11) is -0.806. The van der Waals surface area contributed by atoms with Crippen LogP contribution in [0.15, 0.2) is 114 Å². The summed E-state index contributed by atoms with van der Waals surface area (Å²) in [6, 6.07) is 38.0. The molecule has 4 rings (SSSR count). The van der Waals surface area contributed by atoms with Crippen molar-refractivity contribution in [3.63, 3.8) is 0 Å². The van der Waals surface area contributed by atoms with Gasteiger partial charge in [-0.05, 0) is 37.1 Å². The SMILES string of the molecule is Cc1cc(C)cc(N=C(NP(c2ccccc2)c2ccccc2)c2ccccc2)c1. The molecule has 0 bridgehead atoms. The number of amidine groups is 1.